The lowest BCUT2D eigenvalue weighted by Gasteiger charge is -2.32. The van der Waals surface area contributed by atoms with E-state index < -0.39 is 16.2 Å². The first-order chi connectivity index (χ1) is 8.03. The van der Waals surface area contributed by atoms with Crippen molar-refractivity contribution in [1.82, 2.24) is 4.31 Å². The lowest BCUT2D eigenvalue weighted by Crippen LogP contribution is -2.53. The second-order valence-electron chi connectivity index (χ2n) is 3.69. The van der Waals surface area contributed by atoms with E-state index >= 15 is 0 Å². The summed E-state index contributed by atoms with van der Waals surface area (Å²) in [4.78, 5) is 0.234. The van der Waals surface area contributed by atoms with Gasteiger partial charge < -0.3 is 10.5 Å². The number of hydrogen-bond acceptors (Lipinski definition) is 4. The highest BCUT2D eigenvalue weighted by Crippen LogP contribution is 2.25. The lowest BCUT2D eigenvalue weighted by molar-refractivity contribution is 0.0350. The fourth-order valence-electron chi connectivity index (χ4n) is 1.69. The zero-order chi connectivity index (χ0) is 12.5. The van der Waals surface area contributed by atoms with Gasteiger partial charge in [0.2, 0.25) is 10.0 Å². The SMILES string of the molecule is NC1COCCN1S(=O)(=O)c1ccccc1Br. The summed E-state index contributed by atoms with van der Waals surface area (Å²) in [6, 6.07) is 6.70. The van der Waals surface area contributed by atoms with Gasteiger partial charge in [-0.25, -0.2) is 8.42 Å². The number of benzene rings is 1. The molecule has 2 N–H and O–H groups in total. The van der Waals surface area contributed by atoms with E-state index in [1.165, 1.54) is 4.31 Å². The Morgan fingerprint density at radius 1 is 1.41 bits per heavy atom. The highest BCUT2D eigenvalue weighted by Gasteiger charge is 2.32. The van der Waals surface area contributed by atoms with Gasteiger partial charge in [-0.15, -0.1) is 0 Å². The molecule has 1 saturated heterocycles. The zero-order valence-electron chi connectivity index (χ0n) is 9.04. The fraction of sp³-hybridized carbons (Fsp3) is 0.400. The first kappa shape index (κ1) is 13.0. The van der Waals surface area contributed by atoms with E-state index in [1.807, 2.05) is 0 Å². The maximum Gasteiger partial charge on any atom is 0.245 e. The molecule has 1 atom stereocenters. The quantitative estimate of drug-likeness (QED) is 0.873. The molecule has 94 valence electrons. The maximum absolute atomic E-state index is 12.4. The molecule has 0 radical (unpaired) electrons. The van der Waals surface area contributed by atoms with Gasteiger partial charge in [0.15, 0.2) is 0 Å². The zero-order valence-corrected chi connectivity index (χ0v) is 11.4. The molecule has 1 aliphatic rings. The van der Waals surface area contributed by atoms with Crippen molar-refractivity contribution in [3.63, 3.8) is 0 Å². The van der Waals surface area contributed by atoms with Crippen LogP contribution in [0.4, 0.5) is 0 Å². The molecular weight excluding hydrogens is 308 g/mol. The lowest BCUT2D eigenvalue weighted by atomic mass is 10.4. The Bertz CT molecular complexity index is 506. The molecule has 0 bridgehead atoms. The van der Waals surface area contributed by atoms with Gasteiger partial charge in [0.25, 0.3) is 0 Å². The summed E-state index contributed by atoms with van der Waals surface area (Å²) in [6.07, 6.45) is -0.624. The molecule has 17 heavy (non-hydrogen) atoms. The first-order valence-electron chi connectivity index (χ1n) is 5.13. The molecule has 7 heteroatoms. The van der Waals surface area contributed by atoms with E-state index in [4.69, 9.17) is 10.5 Å². The van der Waals surface area contributed by atoms with Gasteiger partial charge in [0, 0.05) is 11.0 Å². The number of rotatable bonds is 2. The van der Waals surface area contributed by atoms with Crippen molar-refractivity contribution in [1.29, 1.82) is 0 Å². The van der Waals surface area contributed by atoms with Gasteiger partial charge in [-0.2, -0.15) is 4.31 Å². The highest BCUT2D eigenvalue weighted by atomic mass is 79.9. The first-order valence-corrected chi connectivity index (χ1v) is 7.36. The Morgan fingerprint density at radius 2 is 2.12 bits per heavy atom. The topological polar surface area (TPSA) is 72.6 Å². The van der Waals surface area contributed by atoms with E-state index in [-0.39, 0.29) is 18.0 Å². The summed E-state index contributed by atoms with van der Waals surface area (Å²) in [7, 11) is -3.56. The van der Waals surface area contributed by atoms with Crippen molar-refractivity contribution in [2.24, 2.45) is 5.73 Å². The van der Waals surface area contributed by atoms with Crippen molar-refractivity contribution >= 4 is 26.0 Å². The molecule has 1 aliphatic heterocycles. The van der Waals surface area contributed by atoms with E-state index in [0.29, 0.717) is 11.1 Å². The number of nitrogens with two attached hydrogens (primary N) is 1. The summed E-state index contributed by atoms with van der Waals surface area (Å²) in [5.41, 5.74) is 5.76. The van der Waals surface area contributed by atoms with Crippen molar-refractivity contribution < 1.29 is 13.2 Å². The van der Waals surface area contributed by atoms with Crippen LogP contribution in [0.1, 0.15) is 0 Å². The van der Waals surface area contributed by atoms with Crippen LogP contribution in [-0.2, 0) is 14.8 Å². The van der Waals surface area contributed by atoms with E-state index in [0.717, 1.165) is 0 Å². The van der Waals surface area contributed by atoms with Crippen LogP contribution < -0.4 is 5.73 Å². The van der Waals surface area contributed by atoms with Crippen LogP contribution in [-0.4, -0.2) is 38.6 Å². The molecule has 0 spiro atoms. The van der Waals surface area contributed by atoms with Crippen molar-refractivity contribution in [2.75, 3.05) is 19.8 Å². The third kappa shape index (κ3) is 2.53. The second kappa shape index (κ2) is 5.03. The summed E-state index contributed by atoms with van der Waals surface area (Å²) >= 11 is 3.24. The van der Waals surface area contributed by atoms with Gasteiger partial charge >= 0.3 is 0 Å². The van der Waals surface area contributed by atoms with Gasteiger partial charge in [-0.3, -0.25) is 0 Å². The van der Waals surface area contributed by atoms with Gasteiger partial charge in [-0.1, -0.05) is 12.1 Å². The molecule has 0 amide bonds. The van der Waals surface area contributed by atoms with Crippen molar-refractivity contribution in [3.05, 3.63) is 28.7 Å². The predicted molar refractivity (Wildman–Crippen MR) is 66.8 cm³/mol. The molecule has 1 aromatic carbocycles. The third-order valence-corrected chi connectivity index (χ3v) is 5.47. The van der Waals surface area contributed by atoms with Crippen LogP contribution in [0.5, 0.6) is 0 Å². The molecule has 0 saturated carbocycles. The van der Waals surface area contributed by atoms with Crippen LogP contribution in [0.25, 0.3) is 0 Å². The van der Waals surface area contributed by atoms with E-state index in [2.05, 4.69) is 15.9 Å². The number of ether oxygens (including phenoxy) is 1. The Kier molecular flexibility index (Phi) is 3.84. The Morgan fingerprint density at radius 3 is 2.76 bits per heavy atom. The second-order valence-corrected chi connectivity index (χ2v) is 6.40. The minimum Gasteiger partial charge on any atom is -0.377 e. The number of morpholine rings is 1. The van der Waals surface area contributed by atoms with Crippen LogP contribution in [0.2, 0.25) is 0 Å². The van der Waals surface area contributed by atoms with Gasteiger partial charge in [0.05, 0.1) is 24.3 Å². The number of halogens is 1. The Balaban J connectivity index is 2.39. The molecule has 1 heterocycles. The van der Waals surface area contributed by atoms with E-state index in [9.17, 15) is 8.42 Å². The average molecular weight is 321 g/mol. The molecule has 5 nitrogen and oxygen atoms in total. The van der Waals surface area contributed by atoms with Gasteiger partial charge in [-0.05, 0) is 28.1 Å². The average Bonchev–Trinajstić information content (AvgIpc) is 2.29. The molecule has 1 fully saturated rings. The molecular formula is C10H13BrN2O3S. The fourth-order valence-corrected chi connectivity index (χ4v) is 4.13. The van der Waals surface area contributed by atoms with Crippen molar-refractivity contribution in [3.8, 4) is 0 Å². The van der Waals surface area contributed by atoms with Crippen LogP contribution in [0.3, 0.4) is 0 Å². The van der Waals surface area contributed by atoms with Gasteiger partial charge in [0.1, 0.15) is 0 Å². The molecule has 2 rings (SSSR count). The molecule has 1 unspecified atom stereocenters. The molecule has 0 aromatic heterocycles. The molecule has 1 aromatic rings. The summed E-state index contributed by atoms with van der Waals surface area (Å²) in [6.45, 7) is 0.881. The Hall–Kier alpha value is -0.470. The van der Waals surface area contributed by atoms with Crippen LogP contribution in [0, 0.1) is 0 Å². The normalized spacial score (nSPS) is 22.6. The third-order valence-electron chi connectivity index (χ3n) is 2.54. The van der Waals surface area contributed by atoms with Crippen LogP contribution in [0.15, 0.2) is 33.6 Å². The minimum atomic E-state index is -3.56. The highest BCUT2D eigenvalue weighted by molar-refractivity contribution is 9.10. The number of sulfonamides is 1. The van der Waals surface area contributed by atoms with Crippen molar-refractivity contribution in [2.45, 2.75) is 11.1 Å². The molecule has 0 aliphatic carbocycles. The largest absolute Gasteiger partial charge is 0.377 e. The summed E-state index contributed by atoms with van der Waals surface area (Å²) < 4.78 is 31.7. The van der Waals surface area contributed by atoms with Crippen LogP contribution >= 0.6 is 15.9 Å². The Labute approximate surface area is 109 Å². The minimum absolute atomic E-state index is 0.226. The predicted octanol–water partition coefficient (Wildman–Crippen LogP) is 0.755. The monoisotopic (exact) mass is 320 g/mol. The summed E-state index contributed by atoms with van der Waals surface area (Å²) in [5, 5.41) is 0. The van der Waals surface area contributed by atoms with E-state index in [1.54, 1.807) is 24.3 Å². The summed E-state index contributed by atoms with van der Waals surface area (Å²) in [5.74, 6) is 0. The number of nitrogens with zero attached hydrogens (tertiary/aromatic N) is 1. The maximum atomic E-state index is 12.4. The number of hydrogen-bond donors (Lipinski definition) is 1. The smallest absolute Gasteiger partial charge is 0.245 e. The standard InChI is InChI=1S/C10H13BrN2O3S/c11-8-3-1-2-4-9(8)17(14,15)13-5-6-16-7-10(13)12/h1-4,10H,5-7,12H2.